The zero-order valence-electron chi connectivity index (χ0n) is 18.1. The fourth-order valence-electron chi connectivity index (χ4n) is 3.49. The fraction of sp³-hybridized carbons (Fsp3) is 0.391. The van der Waals surface area contributed by atoms with E-state index in [2.05, 4.69) is 5.32 Å². The van der Waals surface area contributed by atoms with Crippen molar-refractivity contribution in [3.8, 4) is 23.0 Å². The molecule has 1 saturated heterocycles. The van der Waals surface area contributed by atoms with Crippen LogP contribution in [-0.2, 0) is 4.79 Å². The molecule has 2 aromatic rings. The van der Waals surface area contributed by atoms with Gasteiger partial charge < -0.3 is 29.2 Å². The van der Waals surface area contributed by atoms with Crippen LogP contribution in [0.4, 0.5) is 0 Å². The van der Waals surface area contributed by atoms with Crippen LogP contribution < -0.4 is 24.3 Å². The molecule has 1 N–H and O–H groups in total. The molecule has 0 radical (unpaired) electrons. The lowest BCUT2D eigenvalue weighted by atomic mass is 10.0. The van der Waals surface area contributed by atoms with Crippen molar-refractivity contribution in [3.05, 3.63) is 48.0 Å². The van der Waals surface area contributed by atoms with Crippen LogP contribution in [0.2, 0.25) is 0 Å². The Labute approximate surface area is 182 Å². The first-order chi connectivity index (χ1) is 15.0. The van der Waals surface area contributed by atoms with E-state index in [0.29, 0.717) is 54.5 Å². The van der Waals surface area contributed by atoms with E-state index in [1.54, 1.807) is 56.6 Å². The van der Waals surface area contributed by atoms with Gasteiger partial charge in [-0.1, -0.05) is 12.1 Å². The number of hydrogen-bond acceptors (Lipinski definition) is 6. The molecule has 0 unspecified atom stereocenters. The maximum absolute atomic E-state index is 12.9. The Morgan fingerprint density at radius 1 is 0.935 bits per heavy atom. The summed E-state index contributed by atoms with van der Waals surface area (Å²) in [5.41, 5.74) is 0.517. The fourth-order valence-corrected chi connectivity index (χ4v) is 3.49. The van der Waals surface area contributed by atoms with Crippen molar-refractivity contribution in [2.24, 2.45) is 0 Å². The maximum Gasteiger partial charge on any atom is 0.258 e. The van der Waals surface area contributed by atoms with Crippen molar-refractivity contribution in [1.29, 1.82) is 0 Å². The quantitative estimate of drug-likeness (QED) is 0.695. The van der Waals surface area contributed by atoms with Crippen LogP contribution >= 0.6 is 0 Å². The number of carbonyl (C=O) groups is 2. The van der Waals surface area contributed by atoms with Gasteiger partial charge in [0, 0.05) is 30.8 Å². The molecule has 0 spiro atoms. The predicted octanol–water partition coefficient (Wildman–Crippen LogP) is 2.51. The molecule has 2 aromatic carbocycles. The Morgan fingerprint density at radius 2 is 1.55 bits per heavy atom. The molecular weight excluding hydrogens is 400 g/mol. The number of amides is 2. The average Bonchev–Trinajstić information content (AvgIpc) is 2.82. The molecule has 0 atom stereocenters. The molecule has 31 heavy (non-hydrogen) atoms. The minimum Gasteiger partial charge on any atom is -0.497 e. The van der Waals surface area contributed by atoms with E-state index < -0.39 is 0 Å². The van der Waals surface area contributed by atoms with Crippen molar-refractivity contribution in [1.82, 2.24) is 10.2 Å². The van der Waals surface area contributed by atoms with Crippen LogP contribution in [0, 0.1) is 0 Å². The lowest BCUT2D eigenvalue weighted by Gasteiger charge is -2.32. The Morgan fingerprint density at radius 3 is 2.13 bits per heavy atom. The van der Waals surface area contributed by atoms with Crippen LogP contribution in [0.25, 0.3) is 0 Å². The number of ether oxygens (including phenoxy) is 4. The largest absolute Gasteiger partial charge is 0.497 e. The van der Waals surface area contributed by atoms with Gasteiger partial charge in [0.25, 0.3) is 11.8 Å². The van der Waals surface area contributed by atoms with Crippen LogP contribution in [0.5, 0.6) is 23.0 Å². The van der Waals surface area contributed by atoms with Crippen molar-refractivity contribution >= 4 is 11.8 Å². The second-order valence-corrected chi connectivity index (χ2v) is 7.17. The molecule has 0 bridgehead atoms. The second kappa shape index (κ2) is 10.6. The Bertz CT molecular complexity index is 886. The summed E-state index contributed by atoms with van der Waals surface area (Å²) in [6, 6.07) is 12.3. The number of hydrogen-bond donors (Lipinski definition) is 1. The summed E-state index contributed by atoms with van der Waals surface area (Å²) in [6.45, 7) is 1.01. The van der Waals surface area contributed by atoms with Crippen LogP contribution in [0.15, 0.2) is 42.5 Å². The Hall–Kier alpha value is -3.42. The summed E-state index contributed by atoms with van der Waals surface area (Å²) >= 11 is 0. The summed E-state index contributed by atoms with van der Waals surface area (Å²) < 4.78 is 21.3. The number of rotatable bonds is 8. The maximum atomic E-state index is 12.9. The van der Waals surface area contributed by atoms with Gasteiger partial charge in [-0.05, 0) is 37.1 Å². The van der Waals surface area contributed by atoms with Crippen molar-refractivity contribution in [2.75, 3.05) is 41.0 Å². The SMILES string of the molecule is COc1cc(OC)cc(C(=O)N2CCC(NC(=O)COc3ccccc3OC)CC2)c1. The number of nitrogens with zero attached hydrogens (tertiary/aromatic N) is 1. The van der Waals surface area contributed by atoms with E-state index in [1.165, 1.54) is 0 Å². The van der Waals surface area contributed by atoms with Crippen molar-refractivity contribution in [2.45, 2.75) is 18.9 Å². The first-order valence-electron chi connectivity index (χ1n) is 10.1. The molecule has 8 heteroatoms. The van der Waals surface area contributed by atoms with E-state index >= 15 is 0 Å². The van der Waals surface area contributed by atoms with Crippen molar-refractivity contribution < 1.29 is 28.5 Å². The first kappa shape index (κ1) is 22.3. The standard InChI is InChI=1S/C23H28N2O6/c1-28-18-12-16(13-19(14-18)29-2)23(27)25-10-8-17(9-11-25)24-22(26)15-31-21-7-5-4-6-20(21)30-3/h4-7,12-14,17H,8-11,15H2,1-3H3,(H,24,26). The number of piperidine rings is 1. The number of benzene rings is 2. The summed E-state index contributed by atoms with van der Waals surface area (Å²) in [7, 11) is 4.66. The van der Waals surface area contributed by atoms with E-state index in [-0.39, 0.29) is 24.5 Å². The second-order valence-electron chi connectivity index (χ2n) is 7.17. The average molecular weight is 428 g/mol. The zero-order chi connectivity index (χ0) is 22.2. The van der Waals surface area contributed by atoms with Gasteiger partial charge in [-0.25, -0.2) is 0 Å². The molecular formula is C23H28N2O6. The molecule has 0 saturated carbocycles. The number of carbonyl (C=O) groups excluding carboxylic acids is 2. The van der Waals surface area contributed by atoms with Gasteiger partial charge in [-0.3, -0.25) is 9.59 Å². The number of likely N-dealkylation sites (tertiary alicyclic amines) is 1. The molecule has 166 valence electrons. The van der Waals surface area contributed by atoms with Gasteiger partial charge in [0.05, 0.1) is 21.3 Å². The third-order valence-corrected chi connectivity index (χ3v) is 5.17. The summed E-state index contributed by atoms with van der Waals surface area (Å²) in [4.78, 5) is 26.9. The normalized spacial score (nSPS) is 14.0. The summed E-state index contributed by atoms with van der Waals surface area (Å²) in [5, 5.41) is 2.98. The van der Waals surface area contributed by atoms with Crippen LogP contribution in [-0.4, -0.2) is 63.8 Å². The third-order valence-electron chi connectivity index (χ3n) is 5.17. The minimum absolute atomic E-state index is 0.00216. The first-order valence-corrected chi connectivity index (χ1v) is 10.1. The van der Waals surface area contributed by atoms with E-state index in [0.717, 1.165) is 0 Å². The number of para-hydroxylation sites is 2. The number of nitrogens with one attached hydrogen (secondary N) is 1. The molecule has 2 amide bonds. The van der Waals surface area contributed by atoms with E-state index in [9.17, 15) is 9.59 Å². The van der Waals surface area contributed by atoms with E-state index in [1.807, 2.05) is 12.1 Å². The molecule has 0 aromatic heterocycles. The number of methoxy groups -OCH3 is 3. The van der Waals surface area contributed by atoms with E-state index in [4.69, 9.17) is 18.9 Å². The molecule has 1 aliphatic heterocycles. The highest BCUT2D eigenvalue weighted by atomic mass is 16.5. The summed E-state index contributed by atoms with van der Waals surface area (Å²) in [5.74, 6) is 1.96. The van der Waals surface area contributed by atoms with Gasteiger partial charge in [0.15, 0.2) is 18.1 Å². The minimum atomic E-state index is -0.201. The van der Waals surface area contributed by atoms with Gasteiger partial charge in [0.2, 0.25) is 0 Å². The van der Waals surface area contributed by atoms with Crippen molar-refractivity contribution in [3.63, 3.8) is 0 Å². The molecule has 1 fully saturated rings. The Kier molecular flexibility index (Phi) is 7.59. The molecule has 0 aliphatic carbocycles. The highest BCUT2D eigenvalue weighted by Gasteiger charge is 2.25. The Balaban J connectivity index is 1.49. The molecule has 8 nitrogen and oxygen atoms in total. The highest BCUT2D eigenvalue weighted by molar-refractivity contribution is 5.95. The predicted molar refractivity (Wildman–Crippen MR) is 115 cm³/mol. The molecule has 1 heterocycles. The topological polar surface area (TPSA) is 86.3 Å². The zero-order valence-corrected chi connectivity index (χ0v) is 18.1. The van der Waals surface area contributed by atoms with Gasteiger partial charge in [0.1, 0.15) is 11.5 Å². The van der Waals surface area contributed by atoms with Crippen LogP contribution in [0.1, 0.15) is 23.2 Å². The van der Waals surface area contributed by atoms with Crippen LogP contribution in [0.3, 0.4) is 0 Å². The van der Waals surface area contributed by atoms with Gasteiger partial charge in [-0.15, -0.1) is 0 Å². The lowest BCUT2D eigenvalue weighted by Crippen LogP contribution is -2.47. The molecule has 3 rings (SSSR count). The smallest absolute Gasteiger partial charge is 0.258 e. The highest BCUT2D eigenvalue weighted by Crippen LogP contribution is 2.26. The monoisotopic (exact) mass is 428 g/mol. The third kappa shape index (κ3) is 5.81. The summed E-state index contributed by atoms with van der Waals surface area (Å²) in [6.07, 6.45) is 1.35. The van der Waals surface area contributed by atoms with Gasteiger partial charge >= 0.3 is 0 Å². The van der Waals surface area contributed by atoms with Gasteiger partial charge in [-0.2, -0.15) is 0 Å². The lowest BCUT2D eigenvalue weighted by molar-refractivity contribution is -0.124. The molecule has 1 aliphatic rings.